The number of amidine groups is 1. The number of guanidine groups is 1. The second-order valence-electron chi connectivity index (χ2n) is 6.80. The van der Waals surface area contributed by atoms with E-state index in [0.29, 0.717) is 0 Å². The summed E-state index contributed by atoms with van der Waals surface area (Å²) in [5.41, 5.74) is 15.6. The fourth-order valence-corrected chi connectivity index (χ4v) is 2.38. The van der Waals surface area contributed by atoms with E-state index >= 15 is 0 Å². The zero-order valence-corrected chi connectivity index (χ0v) is 19.8. The number of amides is 3. The van der Waals surface area contributed by atoms with E-state index in [1.807, 2.05) is 0 Å². The molecule has 0 aliphatic carbocycles. The van der Waals surface area contributed by atoms with E-state index in [1.165, 1.54) is 21.5 Å². The van der Waals surface area contributed by atoms with Crippen molar-refractivity contribution in [1.29, 1.82) is 5.41 Å². The van der Waals surface area contributed by atoms with Crippen molar-refractivity contribution in [3.05, 3.63) is 24.0 Å². The summed E-state index contributed by atoms with van der Waals surface area (Å²) in [5, 5.41) is 14.7. The van der Waals surface area contributed by atoms with Gasteiger partial charge in [-0.25, -0.2) is 15.0 Å². The van der Waals surface area contributed by atoms with Crippen molar-refractivity contribution in [2.75, 3.05) is 23.7 Å². The minimum atomic E-state index is -5.17. The van der Waals surface area contributed by atoms with Crippen molar-refractivity contribution in [2.45, 2.75) is 6.42 Å². The number of aromatic nitrogens is 4. The monoisotopic (exact) mass is 528 g/mol. The van der Waals surface area contributed by atoms with E-state index in [4.69, 9.17) is 40.1 Å². The van der Waals surface area contributed by atoms with E-state index in [2.05, 4.69) is 30.9 Å². The number of carbonyl (C=O) groups excluding carboxylic acids is 3. The van der Waals surface area contributed by atoms with Gasteiger partial charge in [0.1, 0.15) is 6.54 Å². The molecule has 2 rings (SSSR count). The highest BCUT2D eigenvalue weighted by molar-refractivity contribution is 7.79. The Morgan fingerprint density at radius 3 is 1.94 bits per heavy atom. The number of nitrogens with one attached hydrogen (secondary N) is 4. The van der Waals surface area contributed by atoms with Gasteiger partial charge in [-0.1, -0.05) is 0 Å². The molecule has 0 radical (unpaired) electrons. The van der Waals surface area contributed by atoms with Crippen LogP contribution in [0.5, 0.6) is 0 Å². The Labute approximate surface area is 204 Å². The number of hydrogen-bond acceptors (Lipinski definition) is 11. The third kappa shape index (κ3) is 11.0. The average molecular weight is 529 g/mol. The molecule has 0 aliphatic rings. The van der Waals surface area contributed by atoms with Crippen LogP contribution in [0.3, 0.4) is 0 Å². The van der Waals surface area contributed by atoms with Crippen LogP contribution < -0.4 is 33.2 Å². The van der Waals surface area contributed by atoms with Gasteiger partial charge in [0.05, 0.1) is 5.84 Å². The Kier molecular flexibility index (Phi) is 10.5. The van der Waals surface area contributed by atoms with Gasteiger partial charge in [-0.15, -0.1) is 0 Å². The molecule has 0 aliphatic heterocycles. The van der Waals surface area contributed by atoms with Gasteiger partial charge in [0.2, 0.25) is 17.6 Å². The van der Waals surface area contributed by atoms with Gasteiger partial charge in [-0.05, 0) is 0 Å². The van der Waals surface area contributed by atoms with Crippen LogP contribution in [0.1, 0.15) is 27.7 Å². The van der Waals surface area contributed by atoms with Crippen molar-refractivity contribution >= 4 is 51.6 Å². The van der Waals surface area contributed by atoms with Crippen LogP contribution in [0.25, 0.3) is 0 Å². The minimum Gasteiger partial charge on any atom is -0.759 e. The Balaban J connectivity index is 0.00000118. The molecule has 0 fully saturated rings. The van der Waals surface area contributed by atoms with Crippen LogP contribution in [0.4, 0.5) is 11.6 Å². The number of rotatable bonds is 9. The molecule has 20 heteroatoms. The van der Waals surface area contributed by atoms with E-state index < -0.39 is 28.1 Å². The van der Waals surface area contributed by atoms with Gasteiger partial charge in [-0.2, -0.15) is 0 Å². The van der Waals surface area contributed by atoms with Gasteiger partial charge >= 0.3 is 0 Å². The summed E-state index contributed by atoms with van der Waals surface area (Å²) in [7, 11) is -2.01. The molecule has 2 aromatic heterocycles. The van der Waals surface area contributed by atoms with Gasteiger partial charge < -0.3 is 51.4 Å². The highest BCUT2D eigenvalue weighted by atomic mass is 32.3. The molecule has 0 aromatic carbocycles. The Morgan fingerprint density at radius 1 is 1.00 bits per heavy atom. The standard InChI is InChI=1S/C16H24N12O3.H2O4S/c1-27-7-10(25-12(27)14(30)21-4-3-8(17)18)26-15(31)13-24-9(6-28(13)2)23-11(29)5-22-16(19)20;1-5(2,3)4/h6-7H,3-5H2,1-2H3,(H3,17,18)(H,21,30)(H,23,29)(H,26,31)(H4,19,20,22);(H2,1,2,3,4)/p-2. The normalized spacial score (nSPS) is 10.4. The summed E-state index contributed by atoms with van der Waals surface area (Å²) in [6.07, 6.45) is 3.11. The van der Waals surface area contributed by atoms with Crippen LogP contribution in [0.2, 0.25) is 0 Å². The first-order chi connectivity index (χ1) is 16.6. The first-order valence-electron chi connectivity index (χ1n) is 9.58. The average Bonchev–Trinajstić information content (AvgIpc) is 3.26. The maximum atomic E-state index is 12.5. The fourth-order valence-electron chi connectivity index (χ4n) is 2.38. The summed E-state index contributed by atoms with van der Waals surface area (Å²) in [5.74, 6) is -1.54. The van der Waals surface area contributed by atoms with Crippen LogP contribution >= 0.6 is 0 Å². The Hall–Kier alpha value is -4.56. The molecular weight excluding hydrogens is 504 g/mol. The second kappa shape index (κ2) is 12.8. The Bertz CT molecular complexity index is 1250. The molecule has 0 saturated heterocycles. The topological polar surface area (TPSA) is 317 Å². The molecule has 19 nitrogen and oxygen atoms in total. The van der Waals surface area contributed by atoms with Crippen LogP contribution in [0.15, 0.2) is 17.4 Å². The molecule has 198 valence electrons. The third-order valence-corrected chi connectivity index (χ3v) is 3.75. The van der Waals surface area contributed by atoms with Crippen molar-refractivity contribution in [3.8, 4) is 0 Å². The highest BCUT2D eigenvalue weighted by Crippen LogP contribution is 2.12. The predicted octanol–water partition coefficient (Wildman–Crippen LogP) is -3.66. The first-order valence-corrected chi connectivity index (χ1v) is 10.9. The number of aryl methyl sites for hydroxylation is 2. The SMILES string of the molecule is Cn1cc(NC(=O)c2nc(NC(=O)CN=C(N)N)cn2C)nc1C(=O)NCCC(=N)N.O=S(=O)([O-])[O-]. The van der Waals surface area contributed by atoms with Crippen LogP contribution in [0, 0.1) is 5.41 Å². The summed E-state index contributed by atoms with van der Waals surface area (Å²) >= 11 is 0. The molecular formula is C16H24N12O7S-2. The lowest BCUT2D eigenvalue weighted by molar-refractivity contribution is -0.114. The maximum Gasteiger partial charge on any atom is 0.292 e. The number of carbonyl (C=O) groups is 3. The smallest absolute Gasteiger partial charge is 0.292 e. The van der Waals surface area contributed by atoms with Gasteiger partial charge in [0.15, 0.2) is 17.6 Å². The molecule has 10 N–H and O–H groups in total. The highest BCUT2D eigenvalue weighted by Gasteiger charge is 2.19. The van der Waals surface area contributed by atoms with Gasteiger partial charge in [-0.3, -0.25) is 28.2 Å². The maximum absolute atomic E-state index is 12.5. The number of hydrogen-bond donors (Lipinski definition) is 7. The summed E-state index contributed by atoms with van der Waals surface area (Å²) < 4.78 is 36.9. The zero-order valence-electron chi connectivity index (χ0n) is 19.0. The van der Waals surface area contributed by atoms with E-state index in [1.54, 1.807) is 14.1 Å². The van der Waals surface area contributed by atoms with Crippen molar-refractivity contribution in [3.63, 3.8) is 0 Å². The lowest BCUT2D eigenvalue weighted by atomic mass is 10.4. The van der Waals surface area contributed by atoms with Crippen molar-refractivity contribution in [2.24, 2.45) is 36.3 Å². The largest absolute Gasteiger partial charge is 0.759 e. The molecule has 36 heavy (non-hydrogen) atoms. The predicted molar refractivity (Wildman–Crippen MR) is 123 cm³/mol. The first kappa shape index (κ1) is 29.5. The third-order valence-electron chi connectivity index (χ3n) is 3.75. The lowest BCUT2D eigenvalue weighted by Gasteiger charge is -2.06. The molecule has 0 bridgehead atoms. The number of anilines is 2. The zero-order chi connectivity index (χ0) is 27.6. The van der Waals surface area contributed by atoms with Crippen LogP contribution in [-0.2, 0) is 29.3 Å². The molecule has 2 heterocycles. The molecule has 0 spiro atoms. The Morgan fingerprint density at radius 2 is 1.47 bits per heavy atom. The molecule has 0 saturated carbocycles. The number of aliphatic imine (C=N–C) groups is 1. The number of nitrogens with two attached hydrogens (primary N) is 3. The summed E-state index contributed by atoms with van der Waals surface area (Å²) in [6, 6.07) is 0. The quantitative estimate of drug-likeness (QED) is 0.0716. The molecule has 0 unspecified atom stereocenters. The second-order valence-corrected chi connectivity index (χ2v) is 7.62. The van der Waals surface area contributed by atoms with Crippen molar-refractivity contribution < 1.29 is 31.9 Å². The van der Waals surface area contributed by atoms with Crippen molar-refractivity contribution in [1.82, 2.24) is 24.4 Å². The fraction of sp³-hybridized carbons (Fsp3) is 0.312. The van der Waals surface area contributed by atoms with E-state index in [-0.39, 0.29) is 54.6 Å². The lowest BCUT2D eigenvalue weighted by Crippen LogP contribution is -2.29. The summed E-state index contributed by atoms with van der Waals surface area (Å²) in [4.78, 5) is 48.2. The van der Waals surface area contributed by atoms with Gasteiger partial charge in [0.25, 0.3) is 11.8 Å². The van der Waals surface area contributed by atoms with Gasteiger partial charge in [0, 0.05) is 49.9 Å². The number of imidazole rings is 2. The molecule has 3 amide bonds. The molecule has 0 atom stereocenters. The van der Waals surface area contributed by atoms with Crippen LogP contribution in [-0.4, -0.2) is 79.2 Å². The van der Waals surface area contributed by atoms with E-state index in [0.717, 1.165) is 0 Å². The molecule has 2 aromatic rings. The van der Waals surface area contributed by atoms with E-state index in [9.17, 15) is 14.4 Å². The number of nitrogens with zero attached hydrogens (tertiary/aromatic N) is 5. The minimum absolute atomic E-state index is 0.00440. The summed E-state index contributed by atoms with van der Waals surface area (Å²) in [6.45, 7) is -0.0979.